The van der Waals surface area contributed by atoms with Crippen molar-refractivity contribution < 1.29 is 9.53 Å². The summed E-state index contributed by atoms with van der Waals surface area (Å²) < 4.78 is 5.30. The minimum Gasteiger partial charge on any atom is -0.482 e. The smallest absolute Gasteiger partial charge is 0.277 e. The van der Waals surface area contributed by atoms with E-state index < -0.39 is 5.91 Å². The van der Waals surface area contributed by atoms with E-state index in [1.54, 1.807) is 43.3 Å². The van der Waals surface area contributed by atoms with Gasteiger partial charge >= 0.3 is 0 Å². The summed E-state index contributed by atoms with van der Waals surface area (Å²) >= 11 is 23.6. The number of hydrogen-bond acceptors (Lipinski definition) is 5. The van der Waals surface area contributed by atoms with Crippen molar-refractivity contribution in [1.29, 1.82) is 0 Å². The number of benzene rings is 2. The Balaban J connectivity index is 1.84. The highest BCUT2D eigenvalue weighted by Crippen LogP contribution is 2.27. The number of hydrazone groups is 2. The molecule has 0 aliphatic carbocycles. The maximum atomic E-state index is 11.8. The lowest BCUT2D eigenvalue weighted by molar-refractivity contribution is -0.123. The normalized spacial score (nSPS) is 11.9. The summed E-state index contributed by atoms with van der Waals surface area (Å²) in [5, 5.41) is 9.28. The largest absolute Gasteiger partial charge is 0.482 e. The van der Waals surface area contributed by atoms with Crippen molar-refractivity contribution in [3.8, 4) is 5.75 Å². The van der Waals surface area contributed by atoms with Crippen LogP contribution in [-0.2, 0) is 4.79 Å². The lowest BCUT2D eigenvalue weighted by Gasteiger charge is -2.07. The molecule has 2 aromatic rings. The highest BCUT2D eigenvalue weighted by atomic mass is 35.5. The van der Waals surface area contributed by atoms with Gasteiger partial charge in [-0.15, -0.1) is 0 Å². The second-order valence-electron chi connectivity index (χ2n) is 5.12. The second kappa shape index (κ2) is 10.4. The van der Waals surface area contributed by atoms with Gasteiger partial charge in [0.05, 0.1) is 16.4 Å². The fourth-order valence-corrected chi connectivity index (χ4v) is 2.35. The Morgan fingerprint density at radius 2 is 1.70 bits per heavy atom. The number of halogens is 4. The third-order valence-electron chi connectivity index (χ3n) is 3.03. The van der Waals surface area contributed by atoms with Crippen molar-refractivity contribution >= 4 is 68.9 Å². The molecule has 0 spiro atoms. The molecule has 2 aromatic carbocycles. The van der Waals surface area contributed by atoms with E-state index in [1.165, 1.54) is 6.07 Å². The zero-order valence-electron chi connectivity index (χ0n) is 14.0. The Hall–Kier alpha value is -1.99. The maximum Gasteiger partial charge on any atom is 0.277 e. The van der Waals surface area contributed by atoms with Crippen LogP contribution < -0.4 is 15.6 Å². The lowest BCUT2D eigenvalue weighted by Crippen LogP contribution is -2.26. The zero-order chi connectivity index (χ0) is 19.8. The first-order chi connectivity index (χ1) is 12.8. The van der Waals surface area contributed by atoms with Crippen molar-refractivity contribution in [2.75, 3.05) is 12.0 Å². The minimum atomic E-state index is -0.490. The first kappa shape index (κ1) is 21.3. The van der Waals surface area contributed by atoms with Crippen LogP contribution in [0.3, 0.4) is 0 Å². The van der Waals surface area contributed by atoms with Gasteiger partial charge < -0.3 is 4.74 Å². The number of hydrogen-bond donors (Lipinski definition) is 2. The van der Waals surface area contributed by atoms with Crippen molar-refractivity contribution in [3.05, 3.63) is 57.5 Å². The first-order valence-electron chi connectivity index (χ1n) is 7.51. The summed E-state index contributed by atoms with van der Waals surface area (Å²) in [5.41, 5.74) is 6.06. The molecule has 0 aliphatic rings. The van der Waals surface area contributed by atoms with E-state index in [4.69, 9.17) is 51.1 Å². The van der Waals surface area contributed by atoms with E-state index in [9.17, 15) is 4.79 Å². The average molecular weight is 448 g/mol. The first-order valence-corrected chi connectivity index (χ1v) is 9.02. The number of anilines is 1. The Morgan fingerprint density at radius 1 is 1.04 bits per heavy atom. The zero-order valence-corrected chi connectivity index (χ0v) is 17.0. The predicted molar refractivity (Wildman–Crippen MR) is 112 cm³/mol. The van der Waals surface area contributed by atoms with Gasteiger partial charge in [-0.2, -0.15) is 10.2 Å². The highest BCUT2D eigenvalue weighted by molar-refractivity contribution is 6.83. The van der Waals surface area contributed by atoms with E-state index in [0.29, 0.717) is 32.2 Å². The van der Waals surface area contributed by atoms with E-state index in [1.807, 2.05) is 0 Å². The van der Waals surface area contributed by atoms with Crippen LogP contribution >= 0.6 is 46.4 Å². The molecule has 0 saturated heterocycles. The van der Waals surface area contributed by atoms with Gasteiger partial charge in [0.25, 0.3) is 5.91 Å². The van der Waals surface area contributed by atoms with Crippen LogP contribution in [0.4, 0.5) is 5.69 Å². The molecule has 6 nitrogen and oxygen atoms in total. The van der Waals surface area contributed by atoms with Gasteiger partial charge in [0.15, 0.2) is 11.8 Å². The van der Waals surface area contributed by atoms with E-state index >= 15 is 0 Å². The quantitative estimate of drug-likeness (QED) is 0.453. The highest BCUT2D eigenvalue weighted by Gasteiger charge is 2.07. The van der Waals surface area contributed by atoms with E-state index in [0.717, 1.165) is 0 Å². The molecule has 0 fully saturated rings. The van der Waals surface area contributed by atoms with Crippen molar-refractivity contribution in [1.82, 2.24) is 5.43 Å². The van der Waals surface area contributed by atoms with Crippen LogP contribution in [0.25, 0.3) is 0 Å². The summed E-state index contributed by atoms with van der Waals surface area (Å²) in [5.74, 6) is -0.154. The molecule has 0 radical (unpaired) electrons. The van der Waals surface area contributed by atoms with Gasteiger partial charge in [0.2, 0.25) is 0 Å². The molecule has 0 aliphatic heterocycles. The van der Waals surface area contributed by atoms with Crippen LogP contribution in [-0.4, -0.2) is 23.4 Å². The average Bonchev–Trinajstić information content (AvgIpc) is 2.64. The molecule has 0 unspecified atom stereocenters. The van der Waals surface area contributed by atoms with Gasteiger partial charge in [-0.05, 0) is 49.4 Å². The van der Waals surface area contributed by atoms with Crippen LogP contribution in [0.2, 0.25) is 15.1 Å². The maximum absolute atomic E-state index is 11.8. The number of nitrogens with one attached hydrogen (secondary N) is 2. The topological polar surface area (TPSA) is 75.1 Å². The van der Waals surface area contributed by atoms with Crippen LogP contribution in [0.5, 0.6) is 5.75 Å². The van der Waals surface area contributed by atoms with Crippen LogP contribution in [0.1, 0.15) is 6.92 Å². The predicted octanol–water partition coefficient (Wildman–Crippen LogP) is 5.18. The van der Waals surface area contributed by atoms with Crippen LogP contribution in [0.15, 0.2) is 52.7 Å². The number of carbonyl (C=O) groups excluding carboxylic acids is 1. The number of nitrogens with zero attached hydrogens (tertiary/aromatic N) is 2. The molecule has 10 heteroatoms. The lowest BCUT2D eigenvalue weighted by atomic mass is 10.3. The number of amides is 1. The Labute approximate surface area is 176 Å². The second-order valence-corrected chi connectivity index (χ2v) is 6.76. The molecular weight excluding hydrogens is 434 g/mol. The SMILES string of the molecule is CC(=N/NC(=O)COc1ccc(Cl)cc1Cl)/C(Cl)=N\Nc1ccc(Cl)cc1. The van der Waals surface area contributed by atoms with Gasteiger partial charge in [-0.25, -0.2) is 5.43 Å². The molecular formula is C17H14Cl4N4O2. The molecule has 0 saturated carbocycles. The Kier molecular flexibility index (Phi) is 8.19. The summed E-state index contributed by atoms with van der Waals surface area (Å²) in [6, 6.07) is 11.6. The summed E-state index contributed by atoms with van der Waals surface area (Å²) in [7, 11) is 0. The summed E-state index contributed by atoms with van der Waals surface area (Å²) in [6.45, 7) is 1.31. The standard InChI is InChI=1S/C17H14Cl4N4O2/c1-10(17(21)25-23-13-5-2-11(18)3-6-13)22-24-16(26)9-27-15-7-4-12(19)8-14(15)20/h2-8,23H,9H2,1H3,(H,24,26)/b22-10-,25-17+. The van der Waals surface area contributed by atoms with Gasteiger partial charge in [0, 0.05) is 10.0 Å². The fourth-order valence-electron chi connectivity index (χ4n) is 1.68. The molecule has 142 valence electrons. The molecule has 2 N–H and O–H groups in total. The molecule has 0 atom stereocenters. The number of carbonyl (C=O) groups is 1. The van der Waals surface area contributed by atoms with E-state index in [-0.39, 0.29) is 11.8 Å². The Morgan fingerprint density at radius 3 is 2.37 bits per heavy atom. The minimum absolute atomic E-state index is 0.0758. The molecule has 1 amide bonds. The van der Waals surface area contributed by atoms with Crippen molar-refractivity contribution in [2.24, 2.45) is 10.2 Å². The van der Waals surface area contributed by atoms with Crippen molar-refractivity contribution in [3.63, 3.8) is 0 Å². The molecule has 27 heavy (non-hydrogen) atoms. The van der Waals surface area contributed by atoms with Gasteiger partial charge in [-0.1, -0.05) is 46.4 Å². The molecule has 0 heterocycles. The van der Waals surface area contributed by atoms with Crippen molar-refractivity contribution in [2.45, 2.75) is 6.92 Å². The van der Waals surface area contributed by atoms with E-state index in [2.05, 4.69) is 21.1 Å². The summed E-state index contributed by atoms with van der Waals surface area (Å²) in [6.07, 6.45) is 0. The Bertz CT molecular complexity index is 870. The molecule has 0 aromatic heterocycles. The van der Waals surface area contributed by atoms with Gasteiger partial charge in [-0.3, -0.25) is 10.2 Å². The monoisotopic (exact) mass is 446 g/mol. The van der Waals surface area contributed by atoms with Gasteiger partial charge in [0.1, 0.15) is 5.75 Å². The molecule has 0 bridgehead atoms. The van der Waals surface area contributed by atoms with Crippen LogP contribution in [0, 0.1) is 0 Å². The molecule has 2 rings (SSSR count). The number of ether oxygens (including phenoxy) is 1. The fraction of sp³-hybridized carbons (Fsp3) is 0.118. The summed E-state index contributed by atoms with van der Waals surface area (Å²) in [4.78, 5) is 11.8. The third kappa shape index (κ3) is 7.27. The number of rotatable bonds is 7. The third-order valence-corrected chi connectivity index (χ3v) is 4.17.